The number of rotatable bonds is 9. The van der Waals surface area contributed by atoms with Crippen molar-refractivity contribution in [2.75, 3.05) is 57.8 Å². The number of fused-ring (bicyclic) bond motifs is 1. The number of aryl methyl sites for hydroxylation is 1. The fourth-order valence-corrected chi connectivity index (χ4v) is 6.05. The highest BCUT2D eigenvalue weighted by Gasteiger charge is 2.34. The van der Waals surface area contributed by atoms with E-state index in [9.17, 15) is 14.4 Å². The molecule has 1 N–H and O–H groups in total. The molecule has 0 radical (unpaired) electrons. The van der Waals surface area contributed by atoms with Crippen LogP contribution in [-0.4, -0.2) is 90.0 Å². The van der Waals surface area contributed by atoms with E-state index in [4.69, 9.17) is 0 Å². The maximum Gasteiger partial charge on any atom is 0.329 e. The van der Waals surface area contributed by atoms with Gasteiger partial charge in [-0.1, -0.05) is 12.5 Å². The zero-order valence-electron chi connectivity index (χ0n) is 21.0. The van der Waals surface area contributed by atoms with E-state index in [1.807, 2.05) is 12.1 Å². The second-order valence-corrected chi connectivity index (χ2v) is 10.4. The lowest BCUT2D eigenvalue weighted by molar-refractivity contribution is -0.124. The molecule has 3 aliphatic rings. The first-order valence-electron chi connectivity index (χ1n) is 13.1. The predicted octanol–water partition coefficient (Wildman–Crippen LogP) is 1.21. The summed E-state index contributed by atoms with van der Waals surface area (Å²) >= 11 is 0. The Morgan fingerprint density at radius 2 is 1.91 bits per heavy atom. The van der Waals surface area contributed by atoms with Crippen molar-refractivity contribution in [1.29, 1.82) is 0 Å². The largest absolute Gasteiger partial charge is 0.369 e. The summed E-state index contributed by atoms with van der Waals surface area (Å²) in [5.41, 5.74) is 2.40. The topological polar surface area (TPSA) is 82.8 Å². The first kappa shape index (κ1) is 24.1. The van der Waals surface area contributed by atoms with Gasteiger partial charge in [0.1, 0.15) is 12.3 Å². The first-order chi connectivity index (χ1) is 17.0. The number of aldehydes is 1. The predicted molar refractivity (Wildman–Crippen MR) is 137 cm³/mol. The summed E-state index contributed by atoms with van der Waals surface area (Å²) in [5.74, 6) is 0.374. The van der Waals surface area contributed by atoms with E-state index >= 15 is 0 Å². The lowest BCUT2D eigenvalue weighted by Gasteiger charge is -2.47. The third-order valence-corrected chi connectivity index (χ3v) is 8.31. The fourth-order valence-electron chi connectivity index (χ4n) is 6.05. The SMILES string of the molecule is CNC(=O)C(CCC=O)n1c(=O)n(C)c2c(N3CC(CN4CCN(C5CCC5)CC4)C3)cccc21. The molecule has 1 aromatic carbocycles. The van der Waals surface area contributed by atoms with Crippen molar-refractivity contribution in [3.05, 3.63) is 28.7 Å². The second-order valence-electron chi connectivity index (χ2n) is 10.4. The summed E-state index contributed by atoms with van der Waals surface area (Å²) in [5, 5.41) is 2.65. The zero-order valence-corrected chi connectivity index (χ0v) is 21.0. The van der Waals surface area contributed by atoms with E-state index in [0.717, 1.165) is 48.7 Å². The quantitative estimate of drug-likeness (QED) is 0.541. The molecule has 1 aromatic heterocycles. The number of nitrogens with zero attached hydrogens (tertiary/aromatic N) is 5. The van der Waals surface area contributed by atoms with Gasteiger partial charge in [0, 0.05) is 78.3 Å². The van der Waals surface area contributed by atoms with Crippen molar-refractivity contribution in [3.63, 3.8) is 0 Å². The molecule has 2 aromatic rings. The molecule has 1 unspecified atom stereocenters. The molecule has 2 aliphatic heterocycles. The molecule has 3 fully saturated rings. The Labute approximate surface area is 206 Å². The lowest BCUT2D eigenvalue weighted by atomic mass is 9.91. The van der Waals surface area contributed by atoms with Gasteiger partial charge in [0.15, 0.2) is 0 Å². The van der Waals surface area contributed by atoms with Gasteiger partial charge in [-0.15, -0.1) is 0 Å². The lowest BCUT2D eigenvalue weighted by Crippen LogP contribution is -2.56. The fraction of sp³-hybridized carbons (Fsp3) is 0.654. The van der Waals surface area contributed by atoms with Gasteiger partial charge in [-0.3, -0.25) is 18.8 Å². The Morgan fingerprint density at radius 1 is 1.17 bits per heavy atom. The van der Waals surface area contributed by atoms with Crippen LogP contribution < -0.4 is 15.9 Å². The molecule has 1 aliphatic carbocycles. The minimum atomic E-state index is -0.709. The van der Waals surface area contributed by atoms with Crippen LogP contribution in [0.25, 0.3) is 11.0 Å². The summed E-state index contributed by atoms with van der Waals surface area (Å²) < 4.78 is 3.20. The highest BCUT2D eigenvalue weighted by atomic mass is 16.2. The third kappa shape index (κ3) is 4.51. The number of likely N-dealkylation sites (N-methyl/N-ethyl adjacent to an activating group) is 1. The van der Waals surface area contributed by atoms with Crippen LogP contribution in [0.1, 0.15) is 38.1 Å². The average Bonchev–Trinajstić information content (AvgIpc) is 3.06. The van der Waals surface area contributed by atoms with Crippen LogP contribution >= 0.6 is 0 Å². The van der Waals surface area contributed by atoms with Crippen LogP contribution in [0.2, 0.25) is 0 Å². The summed E-state index contributed by atoms with van der Waals surface area (Å²) in [6.07, 6.45) is 5.48. The van der Waals surface area contributed by atoms with Gasteiger partial charge in [0.2, 0.25) is 5.91 Å². The molecule has 1 atom stereocenters. The summed E-state index contributed by atoms with van der Waals surface area (Å²) in [4.78, 5) is 44.5. The molecule has 0 spiro atoms. The molecular formula is C26H38N6O3. The average molecular weight is 483 g/mol. The van der Waals surface area contributed by atoms with Crippen molar-refractivity contribution in [2.24, 2.45) is 13.0 Å². The highest BCUT2D eigenvalue weighted by molar-refractivity contribution is 5.92. The van der Waals surface area contributed by atoms with Crippen LogP contribution in [0, 0.1) is 5.92 Å². The van der Waals surface area contributed by atoms with Gasteiger partial charge in [-0.2, -0.15) is 0 Å². The maximum absolute atomic E-state index is 13.3. The van der Waals surface area contributed by atoms with Crippen molar-refractivity contribution < 1.29 is 9.59 Å². The molecule has 1 amide bonds. The standard InChI is InChI=1S/C26H38N6O3/c1-27-25(34)23(10-5-15-33)32-22-9-4-8-21(24(22)28(2)26(32)35)31-17-19(18-31)16-29-11-13-30(14-12-29)20-6-3-7-20/h4,8-9,15,19-20,23H,3,5-7,10-14,16-18H2,1-2H3,(H,27,34). The van der Waals surface area contributed by atoms with Crippen molar-refractivity contribution in [3.8, 4) is 0 Å². The highest BCUT2D eigenvalue weighted by Crippen LogP contribution is 2.33. The van der Waals surface area contributed by atoms with E-state index in [1.165, 1.54) is 45.4 Å². The van der Waals surface area contributed by atoms with E-state index in [2.05, 4.69) is 26.1 Å². The van der Waals surface area contributed by atoms with Crippen molar-refractivity contribution in [2.45, 2.75) is 44.2 Å². The van der Waals surface area contributed by atoms with Crippen LogP contribution in [-0.2, 0) is 16.6 Å². The molecule has 35 heavy (non-hydrogen) atoms. The number of amides is 1. The normalized spacial score (nSPS) is 21.0. The minimum absolute atomic E-state index is 0.226. The van der Waals surface area contributed by atoms with Gasteiger partial charge >= 0.3 is 5.69 Å². The number of nitrogens with one attached hydrogen (secondary N) is 1. The number of piperazine rings is 1. The molecule has 9 heteroatoms. The van der Waals surface area contributed by atoms with E-state index in [-0.39, 0.29) is 18.0 Å². The number of hydrogen-bond donors (Lipinski definition) is 1. The third-order valence-electron chi connectivity index (χ3n) is 8.31. The molecule has 9 nitrogen and oxygen atoms in total. The number of carbonyl (C=O) groups is 2. The number of benzene rings is 1. The molecule has 3 heterocycles. The van der Waals surface area contributed by atoms with Gasteiger partial charge in [0.25, 0.3) is 0 Å². The Morgan fingerprint density at radius 3 is 2.54 bits per heavy atom. The molecule has 2 saturated heterocycles. The summed E-state index contributed by atoms with van der Waals surface area (Å²) in [6.45, 7) is 7.83. The monoisotopic (exact) mass is 482 g/mol. The Bertz CT molecular complexity index is 1120. The van der Waals surface area contributed by atoms with Crippen LogP contribution in [0.4, 0.5) is 5.69 Å². The Kier molecular flexibility index (Phi) is 6.98. The second kappa shape index (κ2) is 10.1. The first-order valence-corrected chi connectivity index (χ1v) is 13.1. The van der Waals surface area contributed by atoms with Gasteiger partial charge in [-0.05, 0) is 31.4 Å². The van der Waals surface area contributed by atoms with Gasteiger partial charge in [-0.25, -0.2) is 4.79 Å². The number of para-hydroxylation sites is 1. The van der Waals surface area contributed by atoms with Gasteiger partial charge in [0.05, 0.1) is 16.7 Å². The molecular weight excluding hydrogens is 444 g/mol. The Hall–Kier alpha value is -2.65. The van der Waals surface area contributed by atoms with Gasteiger partial charge < -0.3 is 19.9 Å². The number of carbonyl (C=O) groups excluding carboxylic acids is 2. The Balaban J connectivity index is 1.28. The van der Waals surface area contributed by atoms with Crippen LogP contribution in [0.5, 0.6) is 0 Å². The number of hydrogen-bond acceptors (Lipinski definition) is 6. The zero-order chi connectivity index (χ0) is 24.5. The van der Waals surface area contributed by atoms with E-state index < -0.39 is 6.04 Å². The van der Waals surface area contributed by atoms with Crippen LogP contribution in [0.15, 0.2) is 23.0 Å². The number of aromatic nitrogens is 2. The maximum atomic E-state index is 13.3. The van der Waals surface area contributed by atoms with Crippen LogP contribution in [0.3, 0.4) is 0 Å². The number of imidazole rings is 1. The molecule has 5 rings (SSSR count). The van der Waals surface area contributed by atoms with E-state index in [1.54, 1.807) is 23.2 Å². The summed E-state index contributed by atoms with van der Waals surface area (Å²) in [7, 11) is 3.33. The van der Waals surface area contributed by atoms with E-state index in [0.29, 0.717) is 12.3 Å². The smallest absolute Gasteiger partial charge is 0.329 e. The van der Waals surface area contributed by atoms with Crippen molar-refractivity contribution >= 4 is 28.9 Å². The van der Waals surface area contributed by atoms with Crippen molar-refractivity contribution in [1.82, 2.24) is 24.3 Å². The molecule has 0 bridgehead atoms. The minimum Gasteiger partial charge on any atom is -0.369 e. The molecule has 190 valence electrons. The summed E-state index contributed by atoms with van der Waals surface area (Å²) in [6, 6.07) is 6.06. The number of anilines is 1. The molecule has 1 saturated carbocycles.